The molecule has 9 heteroatoms. The van der Waals surface area contributed by atoms with Gasteiger partial charge < -0.3 is 19.5 Å². The van der Waals surface area contributed by atoms with Crippen molar-refractivity contribution in [1.82, 2.24) is 9.62 Å². The van der Waals surface area contributed by atoms with Crippen LogP contribution in [0.2, 0.25) is 0 Å². The molecule has 0 unspecified atom stereocenters. The Morgan fingerprint density at radius 3 is 2.56 bits per heavy atom. The maximum absolute atomic E-state index is 12.7. The summed E-state index contributed by atoms with van der Waals surface area (Å²) in [6.45, 7) is 5.69. The van der Waals surface area contributed by atoms with E-state index in [1.165, 1.54) is 4.31 Å². The topological polar surface area (TPSA) is 94.2 Å². The minimum Gasteiger partial charge on any atom is -0.483 e. The normalized spacial score (nSPS) is 17.9. The summed E-state index contributed by atoms with van der Waals surface area (Å²) in [5.74, 6) is 0.980. The summed E-state index contributed by atoms with van der Waals surface area (Å²) in [4.78, 5) is 12.5. The molecular weight excluding hydrogens is 432 g/mol. The molecule has 2 aromatic rings. The Morgan fingerprint density at radius 2 is 1.84 bits per heavy atom. The molecule has 2 aliphatic rings. The zero-order valence-electron chi connectivity index (χ0n) is 18.3. The Hall–Kier alpha value is -2.62. The molecule has 0 bridgehead atoms. The average Bonchev–Trinajstić information content (AvgIpc) is 3.11. The van der Waals surface area contributed by atoms with Crippen molar-refractivity contribution in [3.8, 4) is 11.5 Å². The van der Waals surface area contributed by atoms with Gasteiger partial charge in [0.05, 0.1) is 18.1 Å². The zero-order chi connectivity index (χ0) is 22.8. The van der Waals surface area contributed by atoms with Crippen LogP contribution in [-0.4, -0.2) is 57.1 Å². The van der Waals surface area contributed by atoms with E-state index in [1.807, 2.05) is 26.0 Å². The average molecular weight is 461 g/mol. The van der Waals surface area contributed by atoms with Crippen LogP contribution in [0, 0.1) is 0 Å². The van der Waals surface area contributed by atoms with Crippen LogP contribution in [0.5, 0.6) is 11.5 Å². The lowest BCUT2D eigenvalue weighted by Crippen LogP contribution is -2.40. The van der Waals surface area contributed by atoms with Gasteiger partial charge in [0.2, 0.25) is 10.0 Å². The fourth-order valence-electron chi connectivity index (χ4n) is 3.81. The second kappa shape index (κ2) is 9.09. The molecule has 32 heavy (non-hydrogen) atoms. The summed E-state index contributed by atoms with van der Waals surface area (Å²) in [7, 11) is -3.53. The van der Waals surface area contributed by atoms with E-state index in [-0.39, 0.29) is 29.6 Å². The number of sulfonamides is 1. The Labute approximate surface area is 188 Å². The second-order valence-electron chi connectivity index (χ2n) is 8.51. The molecule has 0 aromatic heterocycles. The van der Waals surface area contributed by atoms with Crippen LogP contribution in [0.15, 0.2) is 47.4 Å². The standard InChI is InChI=1S/C23H28N2O6S/c1-23(2)14-18-4-3-5-20(22(18)31-23)30-16-21(26)24-15-17-6-8-19(9-7-17)32(27,28)25-10-12-29-13-11-25/h3-9H,10-16H2,1-2H3,(H,24,26). The van der Waals surface area contributed by atoms with Gasteiger partial charge in [-0.2, -0.15) is 4.31 Å². The lowest BCUT2D eigenvalue weighted by Gasteiger charge is -2.26. The van der Waals surface area contributed by atoms with Gasteiger partial charge in [-0.05, 0) is 37.6 Å². The maximum Gasteiger partial charge on any atom is 0.258 e. The van der Waals surface area contributed by atoms with Crippen LogP contribution in [-0.2, 0) is 32.5 Å². The number of benzene rings is 2. The third-order valence-corrected chi connectivity index (χ3v) is 7.35. The van der Waals surface area contributed by atoms with Crippen molar-refractivity contribution in [3.63, 3.8) is 0 Å². The molecule has 2 aliphatic heterocycles. The van der Waals surface area contributed by atoms with Crippen LogP contribution in [0.3, 0.4) is 0 Å². The van der Waals surface area contributed by atoms with Gasteiger partial charge in [-0.3, -0.25) is 4.79 Å². The Bertz CT molecular complexity index is 1080. The van der Waals surface area contributed by atoms with Gasteiger partial charge >= 0.3 is 0 Å². The Morgan fingerprint density at radius 1 is 1.12 bits per heavy atom. The summed E-state index contributed by atoms with van der Waals surface area (Å²) >= 11 is 0. The minimum absolute atomic E-state index is 0.135. The van der Waals surface area contributed by atoms with E-state index in [9.17, 15) is 13.2 Å². The fourth-order valence-corrected chi connectivity index (χ4v) is 5.22. The number of amides is 1. The maximum atomic E-state index is 12.7. The van der Waals surface area contributed by atoms with Crippen LogP contribution in [0.25, 0.3) is 0 Å². The summed E-state index contributed by atoms with van der Waals surface area (Å²) in [5, 5.41) is 2.79. The van der Waals surface area contributed by atoms with E-state index < -0.39 is 10.0 Å². The first-order valence-corrected chi connectivity index (χ1v) is 12.1. The van der Waals surface area contributed by atoms with Crippen molar-refractivity contribution >= 4 is 15.9 Å². The largest absolute Gasteiger partial charge is 0.483 e. The van der Waals surface area contributed by atoms with E-state index in [4.69, 9.17) is 14.2 Å². The predicted octanol–water partition coefficient (Wildman–Crippen LogP) is 2.12. The number of hydrogen-bond acceptors (Lipinski definition) is 6. The quantitative estimate of drug-likeness (QED) is 0.680. The molecule has 1 N–H and O–H groups in total. The molecule has 0 saturated carbocycles. The highest BCUT2D eigenvalue weighted by Gasteiger charge is 2.32. The minimum atomic E-state index is -3.53. The van der Waals surface area contributed by atoms with Crippen molar-refractivity contribution in [1.29, 1.82) is 0 Å². The summed E-state index contributed by atoms with van der Waals surface area (Å²) in [6.07, 6.45) is 0.795. The van der Waals surface area contributed by atoms with E-state index >= 15 is 0 Å². The van der Waals surface area contributed by atoms with Gasteiger partial charge in [0.15, 0.2) is 18.1 Å². The highest BCUT2D eigenvalue weighted by atomic mass is 32.2. The number of fused-ring (bicyclic) bond motifs is 1. The van der Waals surface area contributed by atoms with Gasteiger partial charge in [0.1, 0.15) is 5.60 Å². The van der Waals surface area contributed by atoms with Gasteiger partial charge in [0, 0.05) is 31.6 Å². The van der Waals surface area contributed by atoms with Crippen LogP contribution >= 0.6 is 0 Å². The number of morpholine rings is 1. The Kier molecular flexibility index (Phi) is 6.41. The third-order valence-electron chi connectivity index (χ3n) is 5.43. The van der Waals surface area contributed by atoms with Gasteiger partial charge in [-0.25, -0.2) is 8.42 Å². The first kappa shape index (κ1) is 22.6. The lowest BCUT2D eigenvalue weighted by atomic mass is 10.0. The number of carbonyl (C=O) groups is 1. The molecule has 0 radical (unpaired) electrons. The smallest absolute Gasteiger partial charge is 0.258 e. The predicted molar refractivity (Wildman–Crippen MR) is 118 cm³/mol. The molecule has 1 fully saturated rings. The zero-order valence-corrected chi connectivity index (χ0v) is 19.1. The van der Waals surface area contributed by atoms with Crippen molar-refractivity contribution in [3.05, 3.63) is 53.6 Å². The Balaban J connectivity index is 1.29. The van der Waals surface area contributed by atoms with Crippen molar-refractivity contribution in [2.24, 2.45) is 0 Å². The SMILES string of the molecule is CC1(C)Cc2cccc(OCC(=O)NCc3ccc(S(=O)(=O)N4CCOCC4)cc3)c2O1. The number of nitrogens with zero attached hydrogens (tertiary/aromatic N) is 1. The summed E-state index contributed by atoms with van der Waals surface area (Å²) in [6, 6.07) is 12.2. The summed E-state index contributed by atoms with van der Waals surface area (Å²) < 4.78 is 43.6. The first-order chi connectivity index (χ1) is 15.2. The highest BCUT2D eigenvalue weighted by Crippen LogP contribution is 2.41. The van der Waals surface area contributed by atoms with Gasteiger partial charge in [0.25, 0.3) is 5.91 Å². The van der Waals surface area contributed by atoms with Gasteiger partial charge in [-0.1, -0.05) is 24.3 Å². The second-order valence-corrected chi connectivity index (χ2v) is 10.4. The number of carbonyl (C=O) groups excluding carboxylic acids is 1. The molecule has 1 amide bonds. The number of ether oxygens (including phenoxy) is 3. The van der Waals surface area contributed by atoms with Crippen LogP contribution in [0.4, 0.5) is 0 Å². The van der Waals surface area contributed by atoms with Crippen molar-refractivity contribution in [2.75, 3.05) is 32.9 Å². The van der Waals surface area contributed by atoms with E-state index in [0.717, 1.165) is 17.5 Å². The molecule has 0 aliphatic carbocycles. The third kappa shape index (κ3) is 5.06. The molecule has 1 saturated heterocycles. The molecular formula is C23H28N2O6S. The van der Waals surface area contributed by atoms with Gasteiger partial charge in [-0.15, -0.1) is 0 Å². The molecule has 172 valence electrons. The molecule has 8 nitrogen and oxygen atoms in total. The number of nitrogens with one attached hydrogen (secondary N) is 1. The number of para-hydroxylation sites is 1. The number of rotatable bonds is 7. The van der Waals surface area contributed by atoms with Crippen molar-refractivity contribution < 1.29 is 27.4 Å². The molecule has 0 atom stereocenters. The first-order valence-electron chi connectivity index (χ1n) is 10.6. The monoisotopic (exact) mass is 460 g/mol. The molecule has 0 spiro atoms. The molecule has 2 aromatic carbocycles. The van der Waals surface area contributed by atoms with E-state index in [1.54, 1.807) is 30.3 Å². The summed E-state index contributed by atoms with van der Waals surface area (Å²) in [5.41, 5.74) is 1.58. The molecule has 4 rings (SSSR count). The molecule has 2 heterocycles. The van der Waals surface area contributed by atoms with E-state index in [0.29, 0.717) is 37.8 Å². The van der Waals surface area contributed by atoms with Crippen LogP contribution < -0.4 is 14.8 Å². The lowest BCUT2D eigenvalue weighted by molar-refractivity contribution is -0.123. The van der Waals surface area contributed by atoms with Crippen molar-refractivity contribution in [2.45, 2.75) is 37.3 Å². The number of hydrogen-bond donors (Lipinski definition) is 1. The fraction of sp³-hybridized carbons (Fsp3) is 0.435. The van der Waals surface area contributed by atoms with E-state index in [2.05, 4.69) is 5.32 Å². The highest BCUT2D eigenvalue weighted by molar-refractivity contribution is 7.89. The van der Waals surface area contributed by atoms with Crippen LogP contribution in [0.1, 0.15) is 25.0 Å².